The second kappa shape index (κ2) is 7.36. The molecule has 1 aromatic carbocycles. The van der Waals surface area contributed by atoms with Gasteiger partial charge < -0.3 is 11.1 Å². The standard InChI is InChI=1S/C14H15F3N6.HI/c15-14(16,17)12-21-11(22-23-12)7-19-13(18)20-10-5-4-8-2-1-3-9(8)6-10;/h4-6H,1-3,7H2,(H3,18,19,20)(H,21,22,23);1H. The molecule has 0 spiro atoms. The van der Waals surface area contributed by atoms with Gasteiger partial charge in [-0.3, -0.25) is 5.10 Å². The van der Waals surface area contributed by atoms with Crippen molar-refractivity contribution in [1.29, 1.82) is 0 Å². The van der Waals surface area contributed by atoms with Crippen LogP contribution in [-0.4, -0.2) is 21.1 Å². The zero-order valence-corrected chi connectivity index (χ0v) is 14.9. The number of hydrogen-bond donors (Lipinski definition) is 3. The van der Waals surface area contributed by atoms with Crippen LogP contribution < -0.4 is 11.1 Å². The summed E-state index contributed by atoms with van der Waals surface area (Å²) in [7, 11) is 0. The lowest BCUT2D eigenvalue weighted by Crippen LogP contribution is -2.22. The van der Waals surface area contributed by atoms with Gasteiger partial charge in [-0.15, -0.1) is 29.1 Å². The first-order chi connectivity index (χ1) is 10.9. The van der Waals surface area contributed by atoms with Crippen LogP contribution in [0.3, 0.4) is 0 Å². The minimum atomic E-state index is -4.58. The third kappa shape index (κ3) is 4.36. The number of anilines is 1. The Labute approximate surface area is 153 Å². The molecular formula is C14H16F3IN6. The van der Waals surface area contributed by atoms with Gasteiger partial charge in [0.15, 0.2) is 5.96 Å². The summed E-state index contributed by atoms with van der Waals surface area (Å²) in [6, 6.07) is 5.97. The van der Waals surface area contributed by atoms with Crippen LogP contribution >= 0.6 is 24.0 Å². The zero-order chi connectivity index (χ0) is 16.4. The molecule has 1 aliphatic rings. The fraction of sp³-hybridized carbons (Fsp3) is 0.357. The molecule has 1 aromatic heterocycles. The van der Waals surface area contributed by atoms with Crippen molar-refractivity contribution in [3.8, 4) is 0 Å². The van der Waals surface area contributed by atoms with Crippen molar-refractivity contribution in [2.24, 2.45) is 10.7 Å². The summed E-state index contributed by atoms with van der Waals surface area (Å²) in [5.41, 5.74) is 9.18. The predicted octanol–water partition coefficient (Wildman–Crippen LogP) is 2.86. The molecule has 4 N–H and O–H groups in total. The van der Waals surface area contributed by atoms with E-state index in [4.69, 9.17) is 5.73 Å². The maximum atomic E-state index is 12.4. The Hall–Kier alpha value is -1.85. The van der Waals surface area contributed by atoms with Crippen molar-refractivity contribution >= 4 is 35.6 Å². The van der Waals surface area contributed by atoms with Crippen molar-refractivity contribution in [1.82, 2.24) is 15.2 Å². The molecule has 0 fully saturated rings. The molecular weight excluding hydrogens is 436 g/mol. The van der Waals surface area contributed by atoms with Crippen LogP contribution in [0, 0.1) is 0 Å². The highest BCUT2D eigenvalue weighted by Crippen LogP contribution is 2.26. The molecule has 1 heterocycles. The molecule has 2 aromatic rings. The molecule has 10 heteroatoms. The summed E-state index contributed by atoms with van der Waals surface area (Å²) in [5.74, 6) is -1.11. The molecule has 0 saturated carbocycles. The summed E-state index contributed by atoms with van der Waals surface area (Å²) in [5, 5.41) is 8.21. The van der Waals surface area contributed by atoms with Crippen LogP contribution in [0.5, 0.6) is 0 Å². The zero-order valence-electron chi connectivity index (χ0n) is 12.5. The van der Waals surface area contributed by atoms with Crippen LogP contribution in [0.2, 0.25) is 0 Å². The lowest BCUT2D eigenvalue weighted by atomic mass is 10.1. The van der Waals surface area contributed by atoms with Crippen molar-refractivity contribution in [2.75, 3.05) is 5.32 Å². The van der Waals surface area contributed by atoms with E-state index in [0.717, 1.165) is 24.9 Å². The number of fused-ring (bicyclic) bond motifs is 1. The molecule has 0 aliphatic heterocycles. The highest BCUT2D eigenvalue weighted by molar-refractivity contribution is 14.0. The highest BCUT2D eigenvalue weighted by atomic mass is 127. The Balaban J connectivity index is 0.00000208. The summed E-state index contributed by atoms with van der Waals surface area (Å²) in [6.45, 7) is -0.118. The number of nitrogens with two attached hydrogens (primary N) is 1. The summed E-state index contributed by atoms with van der Waals surface area (Å²) in [6.07, 6.45) is -1.30. The number of aryl methyl sites for hydroxylation is 2. The second-order valence-electron chi connectivity index (χ2n) is 5.27. The van der Waals surface area contributed by atoms with Gasteiger partial charge in [0.25, 0.3) is 5.82 Å². The van der Waals surface area contributed by atoms with Gasteiger partial charge in [-0.2, -0.15) is 13.2 Å². The van der Waals surface area contributed by atoms with Crippen LogP contribution in [0.1, 0.15) is 29.2 Å². The van der Waals surface area contributed by atoms with E-state index in [1.165, 1.54) is 11.1 Å². The monoisotopic (exact) mass is 452 g/mol. The van der Waals surface area contributed by atoms with Crippen LogP contribution in [0.25, 0.3) is 0 Å². The van der Waals surface area contributed by atoms with E-state index in [0.29, 0.717) is 0 Å². The van der Waals surface area contributed by atoms with Crippen molar-refractivity contribution < 1.29 is 13.2 Å². The molecule has 0 radical (unpaired) electrons. The first-order valence-electron chi connectivity index (χ1n) is 7.09. The van der Waals surface area contributed by atoms with E-state index in [2.05, 4.69) is 25.5 Å². The summed E-state index contributed by atoms with van der Waals surface area (Å²) in [4.78, 5) is 7.29. The number of rotatable bonds is 3. The average molecular weight is 452 g/mol. The molecule has 1 aliphatic carbocycles. The van der Waals surface area contributed by atoms with Crippen molar-refractivity contribution in [3.05, 3.63) is 41.0 Å². The van der Waals surface area contributed by atoms with E-state index in [1.807, 2.05) is 18.2 Å². The number of aromatic amines is 1. The quantitative estimate of drug-likeness (QED) is 0.380. The fourth-order valence-corrected chi connectivity index (χ4v) is 2.49. The number of benzene rings is 1. The van der Waals surface area contributed by atoms with E-state index in [-0.39, 0.29) is 42.3 Å². The van der Waals surface area contributed by atoms with Crippen LogP contribution in [0.4, 0.5) is 18.9 Å². The molecule has 24 heavy (non-hydrogen) atoms. The SMILES string of the molecule is I.NC(=NCc1nc(C(F)(F)F)n[nH]1)Nc1ccc2c(c1)CCC2. The van der Waals surface area contributed by atoms with Crippen molar-refractivity contribution in [3.63, 3.8) is 0 Å². The number of nitrogens with one attached hydrogen (secondary N) is 2. The number of halogens is 4. The molecule has 0 saturated heterocycles. The average Bonchev–Trinajstić information content (AvgIpc) is 3.13. The van der Waals surface area contributed by atoms with Crippen LogP contribution in [-0.2, 0) is 25.6 Å². The van der Waals surface area contributed by atoms with Gasteiger partial charge >= 0.3 is 6.18 Å². The Morgan fingerprint density at radius 1 is 1.29 bits per heavy atom. The molecule has 6 nitrogen and oxygen atoms in total. The summed E-state index contributed by atoms with van der Waals surface area (Å²) >= 11 is 0. The fourth-order valence-electron chi connectivity index (χ4n) is 2.49. The van der Waals surface area contributed by atoms with E-state index in [1.54, 1.807) is 0 Å². The normalized spacial score (nSPS) is 14.2. The molecule has 0 unspecified atom stereocenters. The lowest BCUT2D eigenvalue weighted by Gasteiger charge is -2.07. The van der Waals surface area contributed by atoms with Gasteiger partial charge in [-0.25, -0.2) is 9.98 Å². The number of hydrogen-bond acceptors (Lipinski definition) is 3. The first kappa shape index (κ1) is 18.5. The van der Waals surface area contributed by atoms with Gasteiger partial charge in [-0.1, -0.05) is 6.07 Å². The number of nitrogens with zero attached hydrogens (tertiary/aromatic N) is 3. The van der Waals surface area contributed by atoms with Crippen LogP contribution in [0.15, 0.2) is 23.2 Å². The van der Waals surface area contributed by atoms with Gasteiger partial charge in [0.1, 0.15) is 12.4 Å². The maximum Gasteiger partial charge on any atom is 0.453 e. The third-order valence-corrected chi connectivity index (χ3v) is 3.56. The minimum Gasteiger partial charge on any atom is -0.370 e. The predicted molar refractivity (Wildman–Crippen MR) is 94.2 cm³/mol. The molecule has 0 bridgehead atoms. The summed E-state index contributed by atoms with van der Waals surface area (Å²) < 4.78 is 37.1. The van der Waals surface area contributed by atoms with Crippen molar-refractivity contribution in [2.45, 2.75) is 32.0 Å². The van der Waals surface area contributed by atoms with E-state index >= 15 is 0 Å². The Morgan fingerprint density at radius 2 is 2.04 bits per heavy atom. The number of H-pyrrole nitrogens is 1. The largest absolute Gasteiger partial charge is 0.453 e. The highest BCUT2D eigenvalue weighted by Gasteiger charge is 2.35. The molecule has 0 amide bonds. The number of guanidine groups is 1. The van der Waals surface area contributed by atoms with Gasteiger partial charge in [0.2, 0.25) is 0 Å². The lowest BCUT2D eigenvalue weighted by molar-refractivity contribution is -0.144. The van der Waals surface area contributed by atoms with Gasteiger partial charge in [0, 0.05) is 5.69 Å². The first-order valence-corrected chi connectivity index (χ1v) is 7.09. The molecule has 0 atom stereocenters. The van der Waals surface area contributed by atoms with E-state index < -0.39 is 12.0 Å². The van der Waals surface area contributed by atoms with E-state index in [9.17, 15) is 13.2 Å². The molecule has 3 rings (SSSR count). The number of aromatic nitrogens is 3. The number of alkyl halides is 3. The molecule has 130 valence electrons. The Bertz CT molecular complexity index is 740. The minimum absolute atomic E-state index is 0. The third-order valence-electron chi connectivity index (χ3n) is 3.56. The smallest absolute Gasteiger partial charge is 0.370 e. The topological polar surface area (TPSA) is 92.0 Å². The Morgan fingerprint density at radius 3 is 2.75 bits per heavy atom. The van der Waals surface area contributed by atoms with Gasteiger partial charge in [0.05, 0.1) is 0 Å². The number of aliphatic imine (C=N–C) groups is 1. The maximum absolute atomic E-state index is 12.4. The van der Waals surface area contributed by atoms with Gasteiger partial charge in [-0.05, 0) is 42.5 Å². The second-order valence-corrected chi connectivity index (χ2v) is 5.27. The Kier molecular flexibility index (Phi) is 5.67.